The molecular weight excluding hydrogens is 306 g/mol. The van der Waals surface area contributed by atoms with Gasteiger partial charge in [0.2, 0.25) is 10.0 Å². The van der Waals surface area contributed by atoms with Crippen molar-refractivity contribution in [3.63, 3.8) is 0 Å². The summed E-state index contributed by atoms with van der Waals surface area (Å²) in [5.41, 5.74) is 0.697. The third-order valence-electron chi connectivity index (χ3n) is 3.30. The number of aryl methyl sites for hydroxylation is 1. The number of carboxylic acid groups (broad SMARTS) is 1. The molecule has 0 aliphatic carbocycles. The largest absolute Gasteiger partial charge is 0.496 e. The molecule has 1 atom stereocenters. The average Bonchev–Trinajstić information content (AvgIpc) is 2.42. The van der Waals surface area contributed by atoms with Gasteiger partial charge in [-0.2, -0.15) is 0 Å². The SMILES string of the molecule is COc1ccc(S(=O)(=O)NCC(CC(C)C)C(=O)O)cc1C. The summed E-state index contributed by atoms with van der Waals surface area (Å²) >= 11 is 0. The maximum atomic E-state index is 12.3. The topological polar surface area (TPSA) is 92.7 Å². The van der Waals surface area contributed by atoms with Gasteiger partial charge in [-0.05, 0) is 43.0 Å². The van der Waals surface area contributed by atoms with E-state index in [1.807, 2.05) is 13.8 Å². The maximum Gasteiger partial charge on any atom is 0.307 e. The van der Waals surface area contributed by atoms with Gasteiger partial charge in [-0.15, -0.1) is 0 Å². The van der Waals surface area contributed by atoms with Gasteiger partial charge in [-0.3, -0.25) is 4.79 Å². The van der Waals surface area contributed by atoms with Gasteiger partial charge >= 0.3 is 5.97 Å². The predicted octanol–water partition coefficient (Wildman–Crippen LogP) is 2.03. The van der Waals surface area contributed by atoms with Crippen LogP contribution in [0.1, 0.15) is 25.8 Å². The van der Waals surface area contributed by atoms with Crippen molar-refractivity contribution in [1.29, 1.82) is 0 Å². The summed E-state index contributed by atoms with van der Waals surface area (Å²) in [4.78, 5) is 11.3. The van der Waals surface area contributed by atoms with Crippen LogP contribution in [0.15, 0.2) is 23.1 Å². The summed E-state index contributed by atoms with van der Waals surface area (Å²) in [5.74, 6) is -0.965. The van der Waals surface area contributed by atoms with E-state index in [2.05, 4.69) is 4.72 Å². The number of carboxylic acids is 1. The molecule has 1 aromatic carbocycles. The van der Waals surface area contributed by atoms with Crippen molar-refractivity contribution in [2.75, 3.05) is 13.7 Å². The lowest BCUT2D eigenvalue weighted by molar-refractivity contribution is -0.142. The van der Waals surface area contributed by atoms with E-state index in [1.54, 1.807) is 13.0 Å². The number of methoxy groups -OCH3 is 1. The Morgan fingerprint density at radius 2 is 2.00 bits per heavy atom. The third-order valence-corrected chi connectivity index (χ3v) is 4.72. The van der Waals surface area contributed by atoms with Crippen LogP contribution in [0.3, 0.4) is 0 Å². The number of aliphatic carboxylic acids is 1. The van der Waals surface area contributed by atoms with Crippen molar-refractivity contribution in [3.8, 4) is 5.75 Å². The Bertz CT molecular complexity index is 625. The molecule has 7 heteroatoms. The molecule has 124 valence electrons. The van der Waals surface area contributed by atoms with Crippen LogP contribution in [0.25, 0.3) is 0 Å². The molecule has 0 aliphatic rings. The number of hydrogen-bond donors (Lipinski definition) is 2. The smallest absolute Gasteiger partial charge is 0.307 e. The van der Waals surface area contributed by atoms with Crippen LogP contribution >= 0.6 is 0 Å². The molecule has 0 radical (unpaired) electrons. The second kappa shape index (κ2) is 7.60. The van der Waals surface area contributed by atoms with Gasteiger partial charge in [-0.25, -0.2) is 13.1 Å². The lowest BCUT2D eigenvalue weighted by Crippen LogP contribution is -2.33. The molecule has 1 rings (SSSR count). The molecule has 2 N–H and O–H groups in total. The Balaban J connectivity index is 2.86. The van der Waals surface area contributed by atoms with E-state index in [0.717, 1.165) is 0 Å². The van der Waals surface area contributed by atoms with Gasteiger partial charge in [0.15, 0.2) is 0 Å². The Morgan fingerprint density at radius 3 is 2.45 bits per heavy atom. The van der Waals surface area contributed by atoms with Crippen LogP contribution in [0.2, 0.25) is 0 Å². The van der Waals surface area contributed by atoms with Crippen molar-refractivity contribution in [2.45, 2.75) is 32.1 Å². The quantitative estimate of drug-likeness (QED) is 0.761. The molecule has 0 aliphatic heterocycles. The highest BCUT2D eigenvalue weighted by Crippen LogP contribution is 2.21. The summed E-state index contributed by atoms with van der Waals surface area (Å²) in [6.45, 7) is 5.42. The number of rotatable bonds is 8. The zero-order valence-electron chi connectivity index (χ0n) is 13.3. The lowest BCUT2D eigenvalue weighted by Gasteiger charge is -2.16. The van der Waals surface area contributed by atoms with E-state index in [0.29, 0.717) is 17.7 Å². The summed E-state index contributed by atoms with van der Waals surface area (Å²) in [7, 11) is -2.23. The van der Waals surface area contributed by atoms with Gasteiger partial charge in [0.25, 0.3) is 0 Å². The van der Waals surface area contributed by atoms with E-state index in [-0.39, 0.29) is 17.4 Å². The molecular formula is C15H23NO5S. The zero-order valence-corrected chi connectivity index (χ0v) is 14.1. The van der Waals surface area contributed by atoms with Crippen molar-refractivity contribution < 1.29 is 23.1 Å². The minimum atomic E-state index is -3.74. The van der Waals surface area contributed by atoms with Gasteiger partial charge in [0, 0.05) is 6.54 Å². The number of ether oxygens (including phenoxy) is 1. The molecule has 0 amide bonds. The second-order valence-corrected chi connectivity index (χ2v) is 7.41. The Morgan fingerprint density at radius 1 is 1.36 bits per heavy atom. The van der Waals surface area contributed by atoms with Crippen LogP contribution in [0, 0.1) is 18.8 Å². The Labute approximate surface area is 131 Å². The van der Waals surface area contributed by atoms with Crippen LogP contribution in [-0.4, -0.2) is 33.1 Å². The molecule has 0 saturated carbocycles. The first-order valence-electron chi connectivity index (χ1n) is 7.04. The minimum Gasteiger partial charge on any atom is -0.496 e. The molecule has 0 saturated heterocycles. The normalized spacial score (nSPS) is 13.1. The Hall–Kier alpha value is -1.60. The van der Waals surface area contributed by atoms with Gasteiger partial charge in [0.05, 0.1) is 17.9 Å². The average molecular weight is 329 g/mol. The van der Waals surface area contributed by atoms with Crippen molar-refractivity contribution in [3.05, 3.63) is 23.8 Å². The summed E-state index contributed by atoms with van der Waals surface area (Å²) in [6, 6.07) is 4.51. The van der Waals surface area contributed by atoms with Crippen molar-refractivity contribution >= 4 is 16.0 Å². The summed E-state index contributed by atoms with van der Waals surface area (Å²) in [6.07, 6.45) is 0.416. The fourth-order valence-corrected chi connectivity index (χ4v) is 3.32. The first kappa shape index (κ1) is 18.4. The summed E-state index contributed by atoms with van der Waals surface area (Å²) < 4.78 is 32.0. The van der Waals surface area contributed by atoms with Gasteiger partial charge < -0.3 is 9.84 Å². The number of sulfonamides is 1. The fraction of sp³-hybridized carbons (Fsp3) is 0.533. The summed E-state index contributed by atoms with van der Waals surface area (Å²) in [5, 5.41) is 9.15. The van der Waals surface area contributed by atoms with E-state index in [9.17, 15) is 13.2 Å². The predicted molar refractivity (Wildman–Crippen MR) is 83.5 cm³/mol. The monoisotopic (exact) mass is 329 g/mol. The first-order chi connectivity index (χ1) is 10.2. The fourth-order valence-electron chi connectivity index (χ4n) is 2.15. The number of hydrogen-bond acceptors (Lipinski definition) is 4. The van der Waals surface area contributed by atoms with E-state index in [1.165, 1.54) is 19.2 Å². The van der Waals surface area contributed by atoms with E-state index < -0.39 is 21.9 Å². The van der Waals surface area contributed by atoms with Crippen molar-refractivity contribution in [1.82, 2.24) is 4.72 Å². The van der Waals surface area contributed by atoms with Crippen LogP contribution in [0.5, 0.6) is 5.75 Å². The highest BCUT2D eigenvalue weighted by Gasteiger charge is 2.23. The Kier molecular flexibility index (Phi) is 6.37. The number of carbonyl (C=O) groups is 1. The molecule has 1 aromatic rings. The van der Waals surface area contributed by atoms with Gasteiger partial charge in [-0.1, -0.05) is 13.8 Å². The number of nitrogens with one attached hydrogen (secondary N) is 1. The lowest BCUT2D eigenvalue weighted by atomic mass is 9.98. The molecule has 0 spiro atoms. The van der Waals surface area contributed by atoms with E-state index in [4.69, 9.17) is 9.84 Å². The molecule has 1 unspecified atom stereocenters. The highest BCUT2D eigenvalue weighted by molar-refractivity contribution is 7.89. The van der Waals surface area contributed by atoms with Crippen LogP contribution < -0.4 is 9.46 Å². The van der Waals surface area contributed by atoms with E-state index >= 15 is 0 Å². The van der Waals surface area contributed by atoms with Crippen LogP contribution in [0.4, 0.5) is 0 Å². The maximum absolute atomic E-state index is 12.3. The molecule has 6 nitrogen and oxygen atoms in total. The van der Waals surface area contributed by atoms with Gasteiger partial charge in [0.1, 0.15) is 5.75 Å². The molecule has 0 bridgehead atoms. The zero-order chi connectivity index (χ0) is 16.9. The molecule has 0 aromatic heterocycles. The first-order valence-corrected chi connectivity index (χ1v) is 8.52. The third kappa shape index (κ3) is 4.99. The minimum absolute atomic E-state index is 0.0967. The number of benzene rings is 1. The second-order valence-electron chi connectivity index (χ2n) is 5.65. The standard InChI is InChI=1S/C15H23NO5S/c1-10(2)7-12(15(17)18)9-16-22(19,20)13-5-6-14(21-4)11(3)8-13/h5-6,8,10,12,16H,7,9H2,1-4H3,(H,17,18). The molecule has 22 heavy (non-hydrogen) atoms. The van der Waals surface area contributed by atoms with Crippen LogP contribution in [-0.2, 0) is 14.8 Å². The molecule has 0 heterocycles. The molecule has 0 fully saturated rings. The van der Waals surface area contributed by atoms with Crippen molar-refractivity contribution in [2.24, 2.45) is 11.8 Å². The highest BCUT2D eigenvalue weighted by atomic mass is 32.2.